The Morgan fingerprint density at radius 1 is 1.28 bits per heavy atom. The van der Waals surface area contributed by atoms with Crippen LogP contribution >= 0.6 is 0 Å². The van der Waals surface area contributed by atoms with Gasteiger partial charge < -0.3 is 20.1 Å². The summed E-state index contributed by atoms with van der Waals surface area (Å²) in [6.07, 6.45) is -3.55. The maximum atomic E-state index is 11.3. The zero-order chi connectivity index (χ0) is 13.9. The summed E-state index contributed by atoms with van der Waals surface area (Å²) in [5.74, 6) is -2.14. The Morgan fingerprint density at radius 3 is 2.39 bits per heavy atom. The SMILES string of the molecule is COC(=O)c1ccc(C)c(C(O)C(O)C(=O)O)c1. The van der Waals surface area contributed by atoms with Gasteiger partial charge in [-0.15, -0.1) is 0 Å². The fourth-order valence-corrected chi connectivity index (χ4v) is 1.51. The van der Waals surface area contributed by atoms with E-state index in [9.17, 15) is 19.8 Å². The summed E-state index contributed by atoms with van der Waals surface area (Å²) < 4.78 is 4.52. The number of hydrogen-bond donors (Lipinski definition) is 3. The second-order valence-electron chi connectivity index (χ2n) is 3.79. The molecule has 0 amide bonds. The zero-order valence-electron chi connectivity index (χ0n) is 9.95. The van der Waals surface area contributed by atoms with Gasteiger partial charge in [0.05, 0.1) is 12.7 Å². The van der Waals surface area contributed by atoms with E-state index in [2.05, 4.69) is 4.74 Å². The standard InChI is InChI=1S/C12H14O6/c1-6-3-4-7(12(17)18-2)5-8(6)9(13)10(14)11(15)16/h3-5,9-10,13-14H,1-2H3,(H,15,16). The summed E-state index contributed by atoms with van der Waals surface area (Å²) in [6.45, 7) is 1.63. The number of hydrogen-bond acceptors (Lipinski definition) is 5. The molecule has 0 saturated carbocycles. The monoisotopic (exact) mass is 254 g/mol. The Labute approximate surface area is 103 Å². The number of aliphatic hydroxyl groups excluding tert-OH is 2. The predicted octanol–water partition coefficient (Wildman–Crippen LogP) is 0.261. The number of carboxylic acid groups (broad SMARTS) is 1. The van der Waals surface area contributed by atoms with Crippen LogP contribution in [0.1, 0.15) is 27.6 Å². The number of rotatable bonds is 4. The minimum Gasteiger partial charge on any atom is -0.479 e. The molecule has 2 unspecified atom stereocenters. The van der Waals surface area contributed by atoms with Gasteiger partial charge >= 0.3 is 11.9 Å². The smallest absolute Gasteiger partial charge is 0.337 e. The molecule has 3 N–H and O–H groups in total. The Hall–Kier alpha value is -1.92. The topological polar surface area (TPSA) is 104 Å². The molecule has 0 fully saturated rings. The fraction of sp³-hybridized carbons (Fsp3) is 0.333. The van der Waals surface area contributed by atoms with Gasteiger partial charge in [0.25, 0.3) is 0 Å². The number of aliphatic hydroxyl groups is 2. The van der Waals surface area contributed by atoms with Gasteiger partial charge in [-0.1, -0.05) is 6.07 Å². The van der Waals surface area contributed by atoms with Crippen molar-refractivity contribution in [1.82, 2.24) is 0 Å². The summed E-state index contributed by atoms with van der Waals surface area (Å²) in [5.41, 5.74) is 0.915. The maximum absolute atomic E-state index is 11.3. The van der Waals surface area contributed by atoms with E-state index in [0.29, 0.717) is 5.56 Å². The molecule has 0 saturated heterocycles. The molecule has 0 aliphatic rings. The van der Waals surface area contributed by atoms with Crippen LogP contribution in [0.15, 0.2) is 18.2 Å². The number of carboxylic acids is 1. The first kappa shape index (κ1) is 14.1. The van der Waals surface area contributed by atoms with E-state index < -0.39 is 24.1 Å². The van der Waals surface area contributed by atoms with Gasteiger partial charge in [0.1, 0.15) is 6.10 Å². The molecule has 0 spiro atoms. The van der Waals surface area contributed by atoms with Crippen molar-refractivity contribution >= 4 is 11.9 Å². The first-order chi connectivity index (χ1) is 8.38. The lowest BCUT2D eigenvalue weighted by Crippen LogP contribution is -2.28. The van der Waals surface area contributed by atoms with Crippen molar-refractivity contribution in [1.29, 1.82) is 0 Å². The van der Waals surface area contributed by atoms with Crippen molar-refractivity contribution in [2.45, 2.75) is 19.1 Å². The Bertz CT molecular complexity index is 468. The molecule has 18 heavy (non-hydrogen) atoms. The molecule has 1 rings (SSSR count). The lowest BCUT2D eigenvalue weighted by molar-refractivity contribution is -0.153. The van der Waals surface area contributed by atoms with Crippen LogP contribution in [0.25, 0.3) is 0 Å². The molecule has 0 aliphatic carbocycles. The average Bonchev–Trinajstić information content (AvgIpc) is 2.36. The van der Waals surface area contributed by atoms with Gasteiger partial charge in [-0.3, -0.25) is 0 Å². The molecular weight excluding hydrogens is 240 g/mol. The summed E-state index contributed by atoms with van der Waals surface area (Å²) in [5, 5.41) is 27.7. The highest BCUT2D eigenvalue weighted by atomic mass is 16.5. The number of ether oxygens (including phenoxy) is 1. The molecular formula is C12H14O6. The zero-order valence-corrected chi connectivity index (χ0v) is 9.95. The second-order valence-corrected chi connectivity index (χ2v) is 3.79. The highest BCUT2D eigenvalue weighted by Crippen LogP contribution is 2.22. The van der Waals surface area contributed by atoms with Crippen LogP contribution in [0.2, 0.25) is 0 Å². The van der Waals surface area contributed by atoms with Gasteiger partial charge in [0.2, 0.25) is 0 Å². The third-order valence-corrected chi connectivity index (χ3v) is 2.57. The largest absolute Gasteiger partial charge is 0.479 e. The number of aryl methyl sites for hydroxylation is 1. The maximum Gasteiger partial charge on any atom is 0.337 e. The number of carbonyl (C=O) groups excluding carboxylic acids is 1. The summed E-state index contributed by atoms with van der Waals surface area (Å²) in [4.78, 5) is 21.9. The predicted molar refractivity (Wildman–Crippen MR) is 61.1 cm³/mol. The summed E-state index contributed by atoms with van der Waals surface area (Å²) >= 11 is 0. The second kappa shape index (κ2) is 5.61. The molecule has 0 radical (unpaired) electrons. The molecule has 0 aliphatic heterocycles. The van der Waals surface area contributed by atoms with Crippen molar-refractivity contribution in [2.24, 2.45) is 0 Å². The van der Waals surface area contributed by atoms with Gasteiger partial charge in [0, 0.05) is 0 Å². The molecule has 0 bridgehead atoms. The normalized spacial score (nSPS) is 13.8. The van der Waals surface area contributed by atoms with E-state index >= 15 is 0 Å². The molecule has 2 atom stereocenters. The van der Waals surface area contributed by atoms with Crippen LogP contribution in [0.3, 0.4) is 0 Å². The van der Waals surface area contributed by atoms with E-state index in [1.54, 1.807) is 13.0 Å². The Morgan fingerprint density at radius 2 is 1.89 bits per heavy atom. The van der Waals surface area contributed by atoms with Crippen LogP contribution in [0.4, 0.5) is 0 Å². The fourth-order valence-electron chi connectivity index (χ4n) is 1.51. The van der Waals surface area contributed by atoms with Crippen molar-refractivity contribution in [2.75, 3.05) is 7.11 Å². The van der Waals surface area contributed by atoms with Gasteiger partial charge in [-0.05, 0) is 30.2 Å². The van der Waals surface area contributed by atoms with Crippen LogP contribution < -0.4 is 0 Å². The quantitative estimate of drug-likeness (QED) is 0.666. The lowest BCUT2D eigenvalue weighted by Gasteiger charge is -2.17. The van der Waals surface area contributed by atoms with Crippen molar-refractivity contribution in [3.05, 3.63) is 34.9 Å². The highest BCUT2D eigenvalue weighted by Gasteiger charge is 2.27. The third-order valence-electron chi connectivity index (χ3n) is 2.57. The number of esters is 1. The molecule has 1 aromatic carbocycles. The Kier molecular flexibility index (Phi) is 4.41. The van der Waals surface area contributed by atoms with E-state index in [-0.39, 0.29) is 11.1 Å². The molecule has 6 heteroatoms. The van der Waals surface area contributed by atoms with E-state index in [1.165, 1.54) is 19.2 Å². The molecule has 0 heterocycles. The number of benzene rings is 1. The summed E-state index contributed by atoms with van der Waals surface area (Å²) in [7, 11) is 1.21. The van der Waals surface area contributed by atoms with Crippen LogP contribution in [-0.2, 0) is 9.53 Å². The van der Waals surface area contributed by atoms with Gasteiger partial charge in [0.15, 0.2) is 6.10 Å². The summed E-state index contributed by atoms with van der Waals surface area (Å²) in [6, 6.07) is 4.34. The average molecular weight is 254 g/mol. The van der Waals surface area contributed by atoms with Crippen LogP contribution in [0, 0.1) is 6.92 Å². The first-order valence-electron chi connectivity index (χ1n) is 5.16. The van der Waals surface area contributed by atoms with Gasteiger partial charge in [-0.25, -0.2) is 9.59 Å². The van der Waals surface area contributed by atoms with E-state index in [4.69, 9.17) is 5.11 Å². The van der Waals surface area contributed by atoms with Crippen LogP contribution in [-0.4, -0.2) is 40.5 Å². The first-order valence-corrected chi connectivity index (χ1v) is 5.16. The van der Waals surface area contributed by atoms with Gasteiger partial charge in [-0.2, -0.15) is 0 Å². The Balaban J connectivity index is 3.15. The van der Waals surface area contributed by atoms with E-state index in [0.717, 1.165) is 0 Å². The third kappa shape index (κ3) is 2.85. The number of aliphatic carboxylic acids is 1. The molecule has 6 nitrogen and oxygen atoms in total. The highest BCUT2D eigenvalue weighted by molar-refractivity contribution is 5.89. The molecule has 98 valence electrons. The minimum absolute atomic E-state index is 0.174. The van der Waals surface area contributed by atoms with Crippen LogP contribution in [0.5, 0.6) is 0 Å². The van der Waals surface area contributed by atoms with Crippen molar-refractivity contribution in [3.63, 3.8) is 0 Å². The minimum atomic E-state index is -1.95. The number of methoxy groups -OCH3 is 1. The molecule has 1 aromatic rings. The number of carbonyl (C=O) groups is 2. The van der Waals surface area contributed by atoms with Crippen molar-refractivity contribution < 1.29 is 29.6 Å². The van der Waals surface area contributed by atoms with E-state index in [1.807, 2.05) is 0 Å². The lowest BCUT2D eigenvalue weighted by atomic mass is 9.97. The molecule has 0 aromatic heterocycles. The van der Waals surface area contributed by atoms with Crippen molar-refractivity contribution in [3.8, 4) is 0 Å².